The van der Waals surface area contributed by atoms with Gasteiger partial charge in [-0.2, -0.15) is 0 Å². The van der Waals surface area contributed by atoms with Crippen molar-refractivity contribution in [3.05, 3.63) is 54.6 Å². The number of nitrogens with zero attached hydrogens (tertiary/aromatic N) is 3. The van der Waals surface area contributed by atoms with Crippen LogP contribution >= 0.6 is 0 Å². The number of hydrogen-bond donors (Lipinski definition) is 1. The van der Waals surface area contributed by atoms with Gasteiger partial charge in [-0.15, -0.1) is 0 Å². The first-order valence-electron chi connectivity index (χ1n) is 10.5. The molecule has 1 amide bonds. The Bertz CT molecular complexity index is 765. The lowest BCUT2D eigenvalue weighted by atomic mass is 10.1. The van der Waals surface area contributed by atoms with Crippen LogP contribution in [0.2, 0.25) is 0 Å². The average molecular weight is 379 g/mol. The molecule has 2 heterocycles. The molecule has 0 saturated carbocycles. The average Bonchev–Trinajstić information content (AvgIpc) is 2.79. The molecular formula is C23H30N4O. The Balaban J connectivity index is 1.31. The van der Waals surface area contributed by atoms with Crippen molar-refractivity contribution in [3.8, 4) is 0 Å². The van der Waals surface area contributed by atoms with E-state index in [0.29, 0.717) is 6.54 Å². The van der Waals surface area contributed by atoms with Gasteiger partial charge in [0.05, 0.1) is 17.9 Å². The van der Waals surface area contributed by atoms with E-state index < -0.39 is 0 Å². The van der Waals surface area contributed by atoms with E-state index in [1.807, 2.05) is 17.0 Å². The molecule has 2 saturated heterocycles. The van der Waals surface area contributed by atoms with E-state index in [0.717, 1.165) is 45.0 Å². The van der Waals surface area contributed by atoms with Crippen molar-refractivity contribution in [2.75, 3.05) is 60.9 Å². The summed E-state index contributed by atoms with van der Waals surface area (Å²) in [6.45, 7) is 5.91. The van der Waals surface area contributed by atoms with Crippen LogP contribution in [0.4, 0.5) is 17.1 Å². The minimum Gasteiger partial charge on any atom is -0.374 e. The lowest BCUT2D eigenvalue weighted by molar-refractivity contribution is -0.129. The largest absolute Gasteiger partial charge is 0.374 e. The van der Waals surface area contributed by atoms with Gasteiger partial charge < -0.3 is 20.0 Å². The fourth-order valence-corrected chi connectivity index (χ4v) is 4.17. The number of carbonyl (C=O) groups is 1. The molecule has 148 valence electrons. The third kappa shape index (κ3) is 4.41. The molecule has 0 aliphatic carbocycles. The number of para-hydroxylation sites is 3. The van der Waals surface area contributed by atoms with Crippen LogP contribution < -0.4 is 15.1 Å². The molecule has 5 heteroatoms. The van der Waals surface area contributed by atoms with Crippen molar-refractivity contribution in [1.29, 1.82) is 0 Å². The number of hydrogen-bond acceptors (Lipinski definition) is 4. The number of carbonyl (C=O) groups excluding carboxylic acids is 1. The minimum atomic E-state index is 0.182. The van der Waals surface area contributed by atoms with Crippen LogP contribution in [0.5, 0.6) is 0 Å². The number of benzene rings is 2. The summed E-state index contributed by atoms with van der Waals surface area (Å²) < 4.78 is 0. The van der Waals surface area contributed by atoms with Gasteiger partial charge in [0.15, 0.2) is 0 Å². The summed E-state index contributed by atoms with van der Waals surface area (Å²) in [4.78, 5) is 19.5. The molecule has 5 nitrogen and oxygen atoms in total. The molecule has 0 radical (unpaired) electrons. The van der Waals surface area contributed by atoms with Gasteiger partial charge in [0.2, 0.25) is 5.91 Å². The molecule has 0 aromatic heterocycles. The fraction of sp³-hybridized carbons (Fsp3) is 0.435. The number of nitrogens with one attached hydrogen (secondary N) is 1. The second-order valence-electron chi connectivity index (χ2n) is 7.62. The maximum Gasteiger partial charge on any atom is 0.241 e. The smallest absolute Gasteiger partial charge is 0.241 e. The summed E-state index contributed by atoms with van der Waals surface area (Å²) in [5.74, 6) is 0.182. The Labute approximate surface area is 167 Å². The van der Waals surface area contributed by atoms with Crippen LogP contribution in [0.25, 0.3) is 0 Å². The van der Waals surface area contributed by atoms with E-state index in [9.17, 15) is 4.79 Å². The molecule has 0 atom stereocenters. The number of anilines is 3. The molecule has 2 aliphatic rings. The van der Waals surface area contributed by atoms with Gasteiger partial charge in [-0.05, 0) is 43.5 Å². The summed E-state index contributed by atoms with van der Waals surface area (Å²) in [7, 11) is 0. The predicted molar refractivity (Wildman–Crippen MR) is 116 cm³/mol. The summed E-state index contributed by atoms with van der Waals surface area (Å²) in [6.07, 6.45) is 3.82. The van der Waals surface area contributed by atoms with Crippen molar-refractivity contribution in [2.45, 2.75) is 19.3 Å². The van der Waals surface area contributed by atoms with Gasteiger partial charge in [-0.3, -0.25) is 4.79 Å². The molecule has 2 fully saturated rings. The maximum absolute atomic E-state index is 12.7. The van der Waals surface area contributed by atoms with Gasteiger partial charge >= 0.3 is 0 Å². The summed E-state index contributed by atoms with van der Waals surface area (Å²) in [5, 5.41) is 3.40. The van der Waals surface area contributed by atoms with Gasteiger partial charge in [0, 0.05) is 45.0 Å². The minimum absolute atomic E-state index is 0.182. The standard InChI is InChI=1S/C23H30N4O/c28-23(27-17-15-25(16-18-27)20-9-3-1-4-10-20)19-24-21-11-5-6-12-22(21)26-13-7-2-8-14-26/h1,3-6,9-12,24H,2,7-8,13-19H2. The molecule has 2 aromatic carbocycles. The highest BCUT2D eigenvalue weighted by Gasteiger charge is 2.21. The Kier molecular flexibility index (Phi) is 6.00. The molecule has 28 heavy (non-hydrogen) atoms. The van der Waals surface area contributed by atoms with E-state index >= 15 is 0 Å². The second-order valence-corrected chi connectivity index (χ2v) is 7.62. The van der Waals surface area contributed by atoms with Crippen LogP contribution in [0.1, 0.15) is 19.3 Å². The van der Waals surface area contributed by atoms with Crippen LogP contribution in [0.15, 0.2) is 54.6 Å². The molecule has 2 aromatic rings. The third-order valence-corrected chi connectivity index (χ3v) is 5.78. The third-order valence-electron chi connectivity index (χ3n) is 5.78. The van der Waals surface area contributed by atoms with E-state index in [1.54, 1.807) is 0 Å². The van der Waals surface area contributed by atoms with Crippen LogP contribution in [0.3, 0.4) is 0 Å². The fourth-order valence-electron chi connectivity index (χ4n) is 4.17. The summed E-state index contributed by atoms with van der Waals surface area (Å²) >= 11 is 0. The first-order valence-corrected chi connectivity index (χ1v) is 10.5. The lowest BCUT2D eigenvalue weighted by Gasteiger charge is -2.36. The molecular weight excluding hydrogens is 348 g/mol. The topological polar surface area (TPSA) is 38.8 Å². The Morgan fingerprint density at radius 3 is 2.18 bits per heavy atom. The highest BCUT2D eigenvalue weighted by atomic mass is 16.2. The zero-order valence-corrected chi connectivity index (χ0v) is 16.5. The molecule has 2 aliphatic heterocycles. The van der Waals surface area contributed by atoms with E-state index in [1.165, 1.54) is 30.6 Å². The first-order chi connectivity index (χ1) is 13.8. The van der Waals surface area contributed by atoms with Crippen LogP contribution in [0, 0.1) is 0 Å². The van der Waals surface area contributed by atoms with Crippen molar-refractivity contribution < 1.29 is 4.79 Å². The lowest BCUT2D eigenvalue weighted by Crippen LogP contribution is -2.50. The number of piperazine rings is 1. The molecule has 0 unspecified atom stereocenters. The molecule has 4 rings (SSSR count). The second kappa shape index (κ2) is 9.00. The Hall–Kier alpha value is -2.69. The highest BCUT2D eigenvalue weighted by Crippen LogP contribution is 2.28. The summed E-state index contributed by atoms with van der Waals surface area (Å²) in [5.41, 5.74) is 3.53. The Morgan fingerprint density at radius 1 is 0.750 bits per heavy atom. The molecule has 0 bridgehead atoms. The van der Waals surface area contributed by atoms with Crippen molar-refractivity contribution in [2.24, 2.45) is 0 Å². The number of rotatable bonds is 5. The van der Waals surface area contributed by atoms with Gasteiger partial charge in [0.25, 0.3) is 0 Å². The van der Waals surface area contributed by atoms with Gasteiger partial charge in [-0.25, -0.2) is 0 Å². The van der Waals surface area contributed by atoms with Gasteiger partial charge in [0.1, 0.15) is 0 Å². The van der Waals surface area contributed by atoms with E-state index in [-0.39, 0.29) is 5.91 Å². The van der Waals surface area contributed by atoms with Crippen LogP contribution in [-0.2, 0) is 4.79 Å². The normalized spacial score (nSPS) is 17.5. The van der Waals surface area contributed by atoms with Gasteiger partial charge in [-0.1, -0.05) is 30.3 Å². The molecule has 0 spiro atoms. The number of amides is 1. The number of piperidine rings is 1. The quantitative estimate of drug-likeness (QED) is 0.865. The molecule has 1 N–H and O–H groups in total. The monoisotopic (exact) mass is 378 g/mol. The first kappa shape index (κ1) is 18.7. The SMILES string of the molecule is O=C(CNc1ccccc1N1CCCCC1)N1CCN(c2ccccc2)CC1. The van der Waals surface area contributed by atoms with E-state index in [4.69, 9.17) is 0 Å². The highest BCUT2D eigenvalue weighted by molar-refractivity contribution is 5.83. The maximum atomic E-state index is 12.7. The van der Waals surface area contributed by atoms with Crippen LogP contribution in [-0.4, -0.2) is 56.6 Å². The zero-order chi connectivity index (χ0) is 19.2. The van der Waals surface area contributed by atoms with E-state index in [2.05, 4.69) is 57.6 Å². The van der Waals surface area contributed by atoms with Crippen molar-refractivity contribution in [1.82, 2.24) is 4.90 Å². The summed E-state index contributed by atoms with van der Waals surface area (Å²) in [6, 6.07) is 18.8. The van der Waals surface area contributed by atoms with Crippen molar-refractivity contribution in [3.63, 3.8) is 0 Å². The zero-order valence-electron chi connectivity index (χ0n) is 16.5. The van der Waals surface area contributed by atoms with Crippen molar-refractivity contribution >= 4 is 23.0 Å². The predicted octanol–water partition coefficient (Wildman–Crippen LogP) is 3.44. The Morgan fingerprint density at radius 2 is 1.43 bits per heavy atom.